The van der Waals surface area contributed by atoms with Crippen LogP contribution in [0.2, 0.25) is 0 Å². The van der Waals surface area contributed by atoms with Crippen LogP contribution in [-0.2, 0) is 6.54 Å². The Morgan fingerprint density at radius 1 is 1.23 bits per heavy atom. The summed E-state index contributed by atoms with van der Waals surface area (Å²) in [6.07, 6.45) is 2.35. The summed E-state index contributed by atoms with van der Waals surface area (Å²) in [5.74, 6) is 0. The highest BCUT2D eigenvalue weighted by Crippen LogP contribution is 2.30. The molecule has 2 heteroatoms. The van der Waals surface area contributed by atoms with Crippen LogP contribution in [0.15, 0.2) is 30.3 Å². The molecule has 1 aliphatic carbocycles. The van der Waals surface area contributed by atoms with E-state index in [4.69, 9.17) is 5.73 Å². The molecule has 0 bridgehead atoms. The van der Waals surface area contributed by atoms with Gasteiger partial charge in [-0.25, -0.2) is 0 Å². The lowest BCUT2D eigenvalue weighted by atomic mass is 10.2. The van der Waals surface area contributed by atoms with E-state index in [2.05, 4.69) is 29.6 Å². The van der Waals surface area contributed by atoms with Gasteiger partial charge in [-0.3, -0.25) is 0 Å². The van der Waals surface area contributed by atoms with Crippen molar-refractivity contribution in [3.63, 3.8) is 0 Å². The van der Waals surface area contributed by atoms with Crippen molar-refractivity contribution < 1.29 is 0 Å². The molecule has 1 saturated carbocycles. The summed E-state index contributed by atoms with van der Waals surface area (Å²) in [4.78, 5) is 0. The first kappa shape index (κ1) is 8.73. The zero-order valence-electron chi connectivity index (χ0n) is 7.79. The molecule has 1 fully saturated rings. The number of hydrogen-bond donors (Lipinski definition) is 2. The van der Waals surface area contributed by atoms with Crippen LogP contribution < -0.4 is 11.1 Å². The molecule has 0 spiro atoms. The van der Waals surface area contributed by atoms with Gasteiger partial charge in [-0.05, 0) is 18.4 Å². The van der Waals surface area contributed by atoms with E-state index in [-0.39, 0.29) is 5.54 Å². The van der Waals surface area contributed by atoms with Crippen molar-refractivity contribution in [2.45, 2.75) is 24.9 Å². The van der Waals surface area contributed by atoms with Gasteiger partial charge in [0.25, 0.3) is 0 Å². The van der Waals surface area contributed by atoms with E-state index in [0.29, 0.717) is 0 Å². The van der Waals surface area contributed by atoms with Crippen molar-refractivity contribution in [2.75, 3.05) is 6.54 Å². The third kappa shape index (κ3) is 2.54. The Balaban J connectivity index is 1.74. The Hall–Kier alpha value is -0.860. The van der Waals surface area contributed by atoms with Crippen molar-refractivity contribution in [1.82, 2.24) is 5.32 Å². The molecule has 0 atom stereocenters. The van der Waals surface area contributed by atoms with Crippen LogP contribution >= 0.6 is 0 Å². The minimum Gasteiger partial charge on any atom is -0.324 e. The monoisotopic (exact) mass is 176 g/mol. The van der Waals surface area contributed by atoms with E-state index < -0.39 is 0 Å². The standard InChI is InChI=1S/C11H16N2/c12-11(6-7-11)9-13-8-10-4-2-1-3-5-10/h1-5,13H,6-9,12H2. The summed E-state index contributed by atoms with van der Waals surface area (Å²) in [7, 11) is 0. The van der Waals surface area contributed by atoms with Gasteiger partial charge in [0.1, 0.15) is 0 Å². The van der Waals surface area contributed by atoms with Gasteiger partial charge in [0.2, 0.25) is 0 Å². The van der Waals surface area contributed by atoms with Gasteiger partial charge in [0, 0.05) is 18.6 Å². The van der Waals surface area contributed by atoms with E-state index >= 15 is 0 Å². The fourth-order valence-electron chi connectivity index (χ4n) is 1.39. The molecule has 1 aliphatic rings. The molecule has 0 aromatic heterocycles. The zero-order chi connectivity index (χ0) is 9.15. The third-order valence-electron chi connectivity index (χ3n) is 2.54. The highest BCUT2D eigenvalue weighted by molar-refractivity contribution is 5.14. The predicted molar refractivity (Wildman–Crippen MR) is 54.3 cm³/mol. The van der Waals surface area contributed by atoms with Crippen molar-refractivity contribution in [3.8, 4) is 0 Å². The van der Waals surface area contributed by atoms with Gasteiger partial charge in [0.15, 0.2) is 0 Å². The molecule has 1 aromatic carbocycles. The van der Waals surface area contributed by atoms with Gasteiger partial charge in [-0.15, -0.1) is 0 Å². The molecule has 0 heterocycles. The largest absolute Gasteiger partial charge is 0.324 e. The molecular formula is C11H16N2. The smallest absolute Gasteiger partial charge is 0.0282 e. The van der Waals surface area contributed by atoms with Crippen molar-refractivity contribution in [3.05, 3.63) is 35.9 Å². The van der Waals surface area contributed by atoms with Crippen LogP contribution in [-0.4, -0.2) is 12.1 Å². The molecule has 2 rings (SSSR count). The average molecular weight is 176 g/mol. The molecule has 0 aliphatic heterocycles. The number of nitrogens with one attached hydrogen (secondary N) is 1. The Kier molecular flexibility index (Phi) is 2.34. The fraction of sp³-hybridized carbons (Fsp3) is 0.455. The first-order valence-electron chi connectivity index (χ1n) is 4.82. The molecule has 0 saturated heterocycles. The van der Waals surface area contributed by atoms with E-state index in [1.165, 1.54) is 18.4 Å². The van der Waals surface area contributed by atoms with Gasteiger partial charge in [0.05, 0.1) is 0 Å². The first-order valence-corrected chi connectivity index (χ1v) is 4.82. The maximum atomic E-state index is 5.95. The number of nitrogens with two attached hydrogens (primary N) is 1. The zero-order valence-corrected chi connectivity index (χ0v) is 7.79. The normalized spacial score (nSPS) is 18.5. The summed E-state index contributed by atoms with van der Waals surface area (Å²) in [6, 6.07) is 10.4. The molecule has 70 valence electrons. The number of rotatable bonds is 4. The van der Waals surface area contributed by atoms with Crippen LogP contribution in [0.3, 0.4) is 0 Å². The molecule has 2 nitrogen and oxygen atoms in total. The number of benzene rings is 1. The van der Waals surface area contributed by atoms with Gasteiger partial charge < -0.3 is 11.1 Å². The summed E-state index contributed by atoms with van der Waals surface area (Å²) < 4.78 is 0. The maximum Gasteiger partial charge on any atom is 0.0282 e. The van der Waals surface area contributed by atoms with E-state index in [0.717, 1.165) is 13.1 Å². The Labute approximate surface area is 79.1 Å². The summed E-state index contributed by atoms with van der Waals surface area (Å²) in [5.41, 5.74) is 7.39. The minimum absolute atomic E-state index is 0.120. The highest BCUT2D eigenvalue weighted by Gasteiger charge is 2.37. The van der Waals surface area contributed by atoms with Crippen molar-refractivity contribution in [1.29, 1.82) is 0 Å². The second-order valence-electron chi connectivity index (χ2n) is 3.95. The minimum atomic E-state index is 0.120. The van der Waals surface area contributed by atoms with Crippen LogP contribution in [0.1, 0.15) is 18.4 Å². The van der Waals surface area contributed by atoms with E-state index in [1.54, 1.807) is 0 Å². The van der Waals surface area contributed by atoms with Gasteiger partial charge in [-0.2, -0.15) is 0 Å². The van der Waals surface area contributed by atoms with Crippen LogP contribution in [0, 0.1) is 0 Å². The molecule has 0 unspecified atom stereocenters. The molecule has 13 heavy (non-hydrogen) atoms. The topological polar surface area (TPSA) is 38.0 Å². The highest BCUT2D eigenvalue weighted by atomic mass is 15.0. The second-order valence-corrected chi connectivity index (χ2v) is 3.95. The molecular weight excluding hydrogens is 160 g/mol. The molecule has 0 radical (unpaired) electrons. The van der Waals surface area contributed by atoms with Crippen LogP contribution in [0.5, 0.6) is 0 Å². The number of hydrogen-bond acceptors (Lipinski definition) is 2. The predicted octanol–water partition coefficient (Wildman–Crippen LogP) is 1.27. The maximum absolute atomic E-state index is 5.95. The van der Waals surface area contributed by atoms with E-state index in [9.17, 15) is 0 Å². The lowest BCUT2D eigenvalue weighted by Gasteiger charge is -2.09. The van der Waals surface area contributed by atoms with Crippen molar-refractivity contribution in [2.24, 2.45) is 5.73 Å². The summed E-state index contributed by atoms with van der Waals surface area (Å²) >= 11 is 0. The lowest BCUT2D eigenvalue weighted by Crippen LogP contribution is -2.35. The van der Waals surface area contributed by atoms with Crippen LogP contribution in [0.25, 0.3) is 0 Å². The molecule has 1 aromatic rings. The van der Waals surface area contributed by atoms with Gasteiger partial charge in [-0.1, -0.05) is 30.3 Å². The fourth-order valence-corrected chi connectivity index (χ4v) is 1.39. The second kappa shape index (κ2) is 3.48. The Bertz CT molecular complexity index is 265. The molecule has 3 N–H and O–H groups in total. The van der Waals surface area contributed by atoms with Crippen LogP contribution in [0.4, 0.5) is 0 Å². The lowest BCUT2D eigenvalue weighted by molar-refractivity contribution is 0.569. The SMILES string of the molecule is NC1(CNCc2ccccc2)CC1. The van der Waals surface area contributed by atoms with Gasteiger partial charge >= 0.3 is 0 Å². The average Bonchev–Trinajstić information content (AvgIpc) is 2.86. The summed E-state index contributed by atoms with van der Waals surface area (Å²) in [5, 5.41) is 3.38. The van der Waals surface area contributed by atoms with E-state index in [1.807, 2.05) is 6.07 Å². The van der Waals surface area contributed by atoms with Crippen molar-refractivity contribution >= 4 is 0 Å². The first-order chi connectivity index (χ1) is 6.29. The summed E-state index contributed by atoms with van der Waals surface area (Å²) in [6.45, 7) is 1.88. The Morgan fingerprint density at radius 3 is 2.54 bits per heavy atom. The molecule has 0 amide bonds. The quantitative estimate of drug-likeness (QED) is 0.725. The Morgan fingerprint density at radius 2 is 1.92 bits per heavy atom. The third-order valence-corrected chi connectivity index (χ3v) is 2.54.